The van der Waals surface area contributed by atoms with E-state index in [0.29, 0.717) is 23.8 Å². The summed E-state index contributed by atoms with van der Waals surface area (Å²) in [4.78, 5) is 13.0. The number of nitro groups is 1. The number of aliphatic hydroxyl groups excluding tert-OH is 1. The fraction of sp³-hybridized carbons (Fsp3) is 0.600. The van der Waals surface area contributed by atoms with Gasteiger partial charge in [-0.15, -0.1) is 0 Å². The fourth-order valence-electron chi connectivity index (χ4n) is 2.77. The van der Waals surface area contributed by atoms with Gasteiger partial charge in [-0.1, -0.05) is 13.0 Å². The summed E-state index contributed by atoms with van der Waals surface area (Å²) in [6, 6.07) is 5.37. The molecule has 1 aliphatic rings. The standard InChI is InChI=1S/C15H23N3O3/c1-3-7-16-13-5-4-6-14(15(13)18(20)21)17(2)10-11-8-12(19)9-11/h4-6,11-12,16,19H,3,7-10H2,1-2H3. The summed E-state index contributed by atoms with van der Waals surface area (Å²) in [5.74, 6) is 0.414. The van der Waals surface area contributed by atoms with Gasteiger partial charge in [-0.05, 0) is 37.3 Å². The maximum Gasteiger partial charge on any atom is 0.315 e. The number of hydrogen-bond donors (Lipinski definition) is 2. The maximum absolute atomic E-state index is 11.4. The quantitative estimate of drug-likeness (QED) is 0.597. The molecule has 0 bridgehead atoms. The van der Waals surface area contributed by atoms with Crippen molar-refractivity contribution in [2.24, 2.45) is 5.92 Å². The topological polar surface area (TPSA) is 78.6 Å². The van der Waals surface area contributed by atoms with Crippen LogP contribution in [0.1, 0.15) is 26.2 Å². The van der Waals surface area contributed by atoms with Crippen molar-refractivity contribution in [2.45, 2.75) is 32.3 Å². The van der Waals surface area contributed by atoms with Gasteiger partial charge < -0.3 is 15.3 Å². The van der Waals surface area contributed by atoms with Crippen molar-refractivity contribution in [1.82, 2.24) is 0 Å². The average molecular weight is 293 g/mol. The third-order valence-corrected chi connectivity index (χ3v) is 3.92. The average Bonchev–Trinajstić information content (AvgIpc) is 2.42. The van der Waals surface area contributed by atoms with E-state index in [1.165, 1.54) is 0 Å². The van der Waals surface area contributed by atoms with Gasteiger partial charge in [0.05, 0.1) is 11.0 Å². The first-order chi connectivity index (χ1) is 10.0. The molecule has 21 heavy (non-hydrogen) atoms. The summed E-state index contributed by atoms with van der Waals surface area (Å²) < 4.78 is 0. The molecule has 2 N–H and O–H groups in total. The number of benzene rings is 1. The van der Waals surface area contributed by atoms with E-state index in [9.17, 15) is 15.2 Å². The van der Waals surface area contributed by atoms with Crippen molar-refractivity contribution in [3.05, 3.63) is 28.3 Å². The van der Waals surface area contributed by atoms with Crippen LogP contribution in [0.4, 0.5) is 17.1 Å². The van der Waals surface area contributed by atoms with Crippen LogP contribution in [-0.4, -0.2) is 36.3 Å². The molecule has 0 radical (unpaired) electrons. The number of nitrogens with zero attached hydrogens (tertiary/aromatic N) is 2. The van der Waals surface area contributed by atoms with Gasteiger partial charge in [0.15, 0.2) is 0 Å². The van der Waals surface area contributed by atoms with Crippen molar-refractivity contribution in [2.75, 3.05) is 30.4 Å². The lowest BCUT2D eigenvalue weighted by Crippen LogP contribution is -2.37. The highest BCUT2D eigenvalue weighted by molar-refractivity contribution is 5.76. The molecule has 0 spiro atoms. The van der Waals surface area contributed by atoms with Gasteiger partial charge in [0, 0.05) is 20.1 Å². The molecule has 1 aliphatic carbocycles. The smallest absolute Gasteiger partial charge is 0.315 e. The van der Waals surface area contributed by atoms with Crippen LogP contribution in [0.2, 0.25) is 0 Å². The number of anilines is 2. The lowest BCUT2D eigenvalue weighted by Gasteiger charge is -2.35. The second-order valence-corrected chi connectivity index (χ2v) is 5.73. The van der Waals surface area contributed by atoms with E-state index in [1.807, 2.05) is 24.9 Å². The maximum atomic E-state index is 11.4. The van der Waals surface area contributed by atoms with E-state index in [0.717, 1.165) is 25.8 Å². The monoisotopic (exact) mass is 293 g/mol. The third kappa shape index (κ3) is 3.64. The molecule has 6 nitrogen and oxygen atoms in total. The van der Waals surface area contributed by atoms with E-state index in [1.54, 1.807) is 12.1 Å². The summed E-state index contributed by atoms with van der Waals surface area (Å²) in [5, 5.41) is 23.9. The number of rotatable bonds is 7. The van der Waals surface area contributed by atoms with Crippen LogP contribution in [0.3, 0.4) is 0 Å². The van der Waals surface area contributed by atoms with Crippen LogP contribution in [0.15, 0.2) is 18.2 Å². The Morgan fingerprint density at radius 1 is 1.48 bits per heavy atom. The Balaban J connectivity index is 2.18. The van der Waals surface area contributed by atoms with E-state index in [-0.39, 0.29) is 16.7 Å². The lowest BCUT2D eigenvalue weighted by atomic mass is 9.82. The molecule has 1 fully saturated rings. The first-order valence-corrected chi connectivity index (χ1v) is 7.43. The van der Waals surface area contributed by atoms with Gasteiger partial charge in [0.2, 0.25) is 0 Å². The molecular weight excluding hydrogens is 270 g/mol. The third-order valence-electron chi connectivity index (χ3n) is 3.92. The Bertz CT molecular complexity index is 501. The minimum absolute atomic E-state index is 0.133. The molecule has 2 rings (SSSR count). The Labute approximate surface area is 124 Å². The number of hydrogen-bond acceptors (Lipinski definition) is 5. The largest absolute Gasteiger partial charge is 0.393 e. The molecule has 0 aromatic heterocycles. The van der Waals surface area contributed by atoms with Crippen molar-refractivity contribution in [3.8, 4) is 0 Å². The Morgan fingerprint density at radius 2 is 2.19 bits per heavy atom. The van der Waals surface area contributed by atoms with Crippen LogP contribution in [0.25, 0.3) is 0 Å². The summed E-state index contributed by atoms with van der Waals surface area (Å²) in [6.07, 6.45) is 2.28. The second kappa shape index (κ2) is 6.76. The minimum Gasteiger partial charge on any atom is -0.393 e. The minimum atomic E-state index is -0.320. The van der Waals surface area contributed by atoms with Gasteiger partial charge in [-0.25, -0.2) is 0 Å². The molecule has 0 amide bonds. The number of aliphatic hydroxyl groups is 1. The van der Waals surface area contributed by atoms with Gasteiger partial charge in [-0.2, -0.15) is 0 Å². The summed E-state index contributed by atoms with van der Waals surface area (Å²) in [6.45, 7) is 3.47. The molecule has 0 aliphatic heterocycles. The Morgan fingerprint density at radius 3 is 2.76 bits per heavy atom. The van der Waals surface area contributed by atoms with Crippen LogP contribution < -0.4 is 10.2 Å². The fourth-order valence-corrected chi connectivity index (χ4v) is 2.77. The van der Waals surface area contributed by atoms with Gasteiger partial charge in [0.1, 0.15) is 11.4 Å². The van der Waals surface area contributed by atoms with Crippen molar-refractivity contribution in [3.63, 3.8) is 0 Å². The van der Waals surface area contributed by atoms with E-state index < -0.39 is 0 Å². The molecule has 6 heteroatoms. The highest BCUT2D eigenvalue weighted by Crippen LogP contribution is 2.37. The highest BCUT2D eigenvalue weighted by Gasteiger charge is 2.30. The highest BCUT2D eigenvalue weighted by atomic mass is 16.6. The zero-order valence-corrected chi connectivity index (χ0v) is 12.6. The zero-order chi connectivity index (χ0) is 15.4. The predicted molar refractivity (Wildman–Crippen MR) is 83.9 cm³/mol. The first-order valence-electron chi connectivity index (χ1n) is 7.43. The van der Waals surface area contributed by atoms with E-state index in [2.05, 4.69) is 5.32 Å². The lowest BCUT2D eigenvalue weighted by molar-refractivity contribution is -0.383. The molecule has 0 saturated heterocycles. The van der Waals surface area contributed by atoms with Crippen LogP contribution in [0.5, 0.6) is 0 Å². The molecule has 0 unspecified atom stereocenters. The molecule has 1 saturated carbocycles. The van der Waals surface area contributed by atoms with E-state index >= 15 is 0 Å². The second-order valence-electron chi connectivity index (χ2n) is 5.73. The van der Waals surface area contributed by atoms with Gasteiger partial charge >= 0.3 is 5.69 Å². The Hall–Kier alpha value is -1.82. The Kier molecular flexibility index (Phi) is 5.01. The van der Waals surface area contributed by atoms with Crippen LogP contribution in [-0.2, 0) is 0 Å². The molecule has 0 atom stereocenters. The normalized spacial score (nSPS) is 20.7. The number of nitro benzene ring substituents is 1. The van der Waals surface area contributed by atoms with Crippen LogP contribution >= 0.6 is 0 Å². The molecule has 1 aromatic carbocycles. The summed E-state index contributed by atoms with van der Waals surface area (Å²) in [5.41, 5.74) is 1.33. The summed E-state index contributed by atoms with van der Waals surface area (Å²) >= 11 is 0. The van der Waals surface area contributed by atoms with Gasteiger partial charge in [-0.3, -0.25) is 10.1 Å². The van der Waals surface area contributed by atoms with Crippen molar-refractivity contribution >= 4 is 17.1 Å². The zero-order valence-electron chi connectivity index (χ0n) is 12.6. The molecule has 1 aromatic rings. The van der Waals surface area contributed by atoms with Gasteiger partial charge in [0.25, 0.3) is 0 Å². The predicted octanol–water partition coefficient (Wildman–Crippen LogP) is 2.62. The first kappa shape index (κ1) is 15.6. The molecule has 0 heterocycles. The molecular formula is C15H23N3O3. The number of para-hydroxylation sites is 1. The van der Waals surface area contributed by atoms with E-state index in [4.69, 9.17) is 0 Å². The number of nitrogens with one attached hydrogen (secondary N) is 1. The van der Waals surface area contributed by atoms with Crippen LogP contribution in [0, 0.1) is 16.0 Å². The van der Waals surface area contributed by atoms with Crippen molar-refractivity contribution < 1.29 is 10.0 Å². The SMILES string of the molecule is CCCNc1cccc(N(C)CC2CC(O)C2)c1[N+](=O)[O-]. The van der Waals surface area contributed by atoms with Crippen molar-refractivity contribution in [1.29, 1.82) is 0 Å². The summed E-state index contributed by atoms with van der Waals surface area (Å²) in [7, 11) is 1.87. The molecule has 116 valence electrons.